The van der Waals surface area contributed by atoms with Gasteiger partial charge in [0, 0.05) is 17.8 Å². The molecular weight excluding hydrogens is 238 g/mol. The molecule has 0 saturated carbocycles. The van der Waals surface area contributed by atoms with Crippen LogP contribution >= 0.6 is 0 Å². The summed E-state index contributed by atoms with van der Waals surface area (Å²) in [6, 6.07) is 9.99. The minimum absolute atomic E-state index is 0.447. The highest BCUT2D eigenvalue weighted by Gasteiger charge is 2.04. The van der Waals surface area contributed by atoms with Crippen LogP contribution in [0.4, 0.5) is 0 Å². The number of aromatic nitrogens is 1. The van der Waals surface area contributed by atoms with Gasteiger partial charge in [-0.2, -0.15) is 0 Å². The Morgan fingerprint density at radius 2 is 1.84 bits per heavy atom. The Hall–Kier alpha value is -2.03. The smallest absolute Gasteiger partial charge is 0.130 e. The van der Waals surface area contributed by atoms with E-state index in [1.54, 1.807) is 7.11 Å². The van der Waals surface area contributed by atoms with E-state index in [9.17, 15) is 0 Å². The summed E-state index contributed by atoms with van der Waals surface area (Å²) in [4.78, 5) is 4.44. The van der Waals surface area contributed by atoms with Crippen LogP contribution in [0, 0.1) is 20.8 Å². The summed E-state index contributed by atoms with van der Waals surface area (Å²) in [6.45, 7) is 6.49. The lowest BCUT2D eigenvalue weighted by molar-refractivity contribution is 0.297. The Kier molecular flexibility index (Phi) is 4.05. The van der Waals surface area contributed by atoms with Crippen molar-refractivity contribution in [2.75, 3.05) is 7.11 Å². The largest absolute Gasteiger partial charge is 0.497 e. The third kappa shape index (κ3) is 3.47. The molecule has 1 aromatic heterocycles. The molecule has 0 spiro atoms. The Morgan fingerprint density at radius 3 is 2.58 bits per heavy atom. The van der Waals surface area contributed by atoms with Crippen molar-refractivity contribution in [2.24, 2.45) is 0 Å². The second-order valence-electron chi connectivity index (χ2n) is 4.70. The first-order chi connectivity index (χ1) is 9.08. The van der Waals surface area contributed by atoms with Gasteiger partial charge in [-0.15, -0.1) is 0 Å². The van der Waals surface area contributed by atoms with E-state index in [-0.39, 0.29) is 0 Å². The molecule has 3 heteroatoms. The fourth-order valence-electron chi connectivity index (χ4n) is 1.91. The number of hydrogen-bond acceptors (Lipinski definition) is 3. The molecule has 2 aromatic rings. The molecule has 0 amide bonds. The van der Waals surface area contributed by atoms with Crippen molar-refractivity contribution in [1.82, 2.24) is 4.98 Å². The van der Waals surface area contributed by atoms with E-state index in [1.807, 2.05) is 32.0 Å². The maximum Gasteiger partial charge on any atom is 0.130 e. The minimum atomic E-state index is 0.447. The van der Waals surface area contributed by atoms with Crippen LogP contribution in [0.2, 0.25) is 0 Å². The molecule has 0 fully saturated rings. The Labute approximate surface area is 114 Å². The van der Waals surface area contributed by atoms with Crippen LogP contribution in [0.1, 0.15) is 22.5 Å². The van der Waals surface area contributed by atoms with Crippen LogP contribution in [0.15, 0.2) is 30.3 Å². The molecule has 100 valence electrons. The predicted octanol–water partition coefficient (Wildman–Crippen LogP) is 3.59. The highest BCUT2D eigenvalue weighted by atomic mass is 16.5. The highest BCUT2D eigenvalue weighted by molar-refractivity contribution is 5.36. The Balaban J connectivity index is 2.14. The van der Waals surface area contributed by atoms with E-state index >= 15 is 0 Å². The van der Waals surface area contributed by atoms with Crippen LogP contribution in [-0.2, 0) is 6.61 Å². The van der Waals surface area contributed by atoms with E-state index in [2.05, 4.69) is 24.0 Å². The van der Waals surface area contributed by atoms with E-state index in [0.717, 1.165) is 28.5 Å². The summed E-state index contributed by atoms with van der Waals surface area (Å²) in [7, 11) is 1.66. The summed E-state index contributed by atoms with van der Waals surface area (Å²) in [5.41, 5.74) is 4.12. The first-order valence-electron chi connectivity index (χ1n) is 6.30. The second kappa shape index (κ2) is 5.74. The van der Waals surface area contributed by atoms with Gasteiger partial charge in [-0.25, -0.2) is 0 Å². The van der Waals surface area contributed by atoms with Crippen molar-refractivity contribution in [3.8, 4) is 11.5 Å². The zero-order valence-electron chi connectivity index (χ0n) is 11.9. The second-order valence-corrected chi connectivity index (χ2v) is 4.70. The molecule has 0 radical (unpaired) electrons. The van der Waals surface area contributed by atoms with Gasteiger partial charge in [0.05, 0.1) is 12.8 Å². The molecular formula is C16H19NO2. The molecule has 0 aliphatic rings. The van der Waals surface area contributed by atoms with Gasteiger partial charge >= 0.3 is 0 Å². The average molecular weight is 257 g/mol. The fourth-order valence-corrected chi connectivity index (χ4v) is 1.91. The van der Waals surface area contributed by atoms with Crippen molar-refractivity contribution < 1.29 is 9.47 Å². The van der Waals surface area contributed by atoms with Gasteiger partial charge < -0.3 is 9.47 Å². The summed E-state index contributed by atoms with van der Waals surface area (Å²) in [6.07, 6.45) is 0. The zero-order valence-corrected chi connectivity index (χ0v) is 11.9. The molecule has 3 nitrogen and oxygen atoms in total. The van der Waals surface area contributed by atoms with Crippen molar-refractivity contribution in [1.29, 1.82) is 0 Å². The number of aryl methyl sites for hydroxylation is 3. The van der Waals surface area contributed by atoms with Crippen LogP contribution in [0.5, 0.6) is 11.5 Å². The first kappa shape index (κ1) is 13.4. The Morgan fingerprint density at radius 1 is 1.05 bits per heavy atom. The van der Waals surface area contributed by atoms with Gasteiger partial charge in [-0.3, -0.25) is 4.98 Å². The molecule has 1 heterocycles. The van der Waals surface area contributed by atoms with E-state index in [0.29, 0.717) is 6.61 Å². The maximum atomic E-state index is 5.84. The zero-order chi connectivity index (χ0) is 13.8. The Bertz CT molecular complexity index is 579. The normalized spacial score (nSPS) is 10.3. The molecule has 0 unspecified atom stereocenters. The lowest BCUT2D eigenvalue weighted by Crippen LogP contribution is -2.01. The minimum Gasteiger partial charge on any atom is -0.497 e. The van der Waals surface area contributed by atoms with Gasteiger partial charge in [-0.1, -0.05) is 12.1 Å². The van der Waals surface area contributed by atoms with Crippen LogP contribution in [-0.4, -0.2) is 12.1 Å². The van der Waals surface area contributed by atoms with Gasteiger partial charge in [-0.05, 0) is 38.0 Å². The fraction of sp³-hybridized carbons (Fsp3) is 0.312. The van der Waals surface area contributed by atoms with Crippen molar-refractivity contribution in [2.45, 2.75) is 27.4 Å². The van der Waals surface area contributed by atoms with E-state index in [4.69, 9.17) is 9.47 Å². The van der Waals surface area contributed by atoms with Gasteiger partial charge in [0.2, 0.25) is 0 Å². The molecule has 0 saturated heterocycles. The van der Waals surface area contributed by atoms with Gasteiger partial charge in [0.1, 0.15) is 18.1 Å². The summed E-state index contributed by atoms with van der Waals surface area (Å²) in [5.74, 6) is 1.72. The van der Waals surface area contributed by atoms with Crippen LogP contribution in [0.3, 0.4) is 0 Å². The molecule has 0 aliphatic heterocycles. The molecule has 19 heavy (non-hydrogen) atoms. The lowest BCUT2D eigenvalue weighted by atomic mass is 10.1. The SMILES string of the molecule is COc1cc(C)nc(COc2cc(C)ccc2C)c1. The molecule has 0 bridgehead atoms. The monoisotopic (exact) mass is 257 g/mol. The van der Waals surface area contributed by atoms with Crippen molar-refractivity contribution in [3.05, 3.63) is 52.8 Å². The molecule has 0 aliphatic carbocycles. The van der Waals surface area contributed by atoms with Gasteiger partial charge in [0.15, 0.2) is 0 Å². The van der Waals surface area contributed by atoms with E-state index < -0.39 is 0 Å². The standard InChI is InChI=1S/C16H19NO2/c1-11-5-6-12(2)16(7-11)19-10-14-9-15(18-4)8-13(3)17-14/h5-9H,10H2,1-4H3. The number of pyridine rings is 1. The average Bonchev–Trinajstić information content (AvgIpc) is 2.39. The number of rotatable bonds is 4. The van der Waals surface area contributed by atoms with Gasteiger partial charge in [0.25, 0.3) is 0 Å². The summed E-state index contributed by atoms with van der Waals surface area (Å²) in [5, 5.41) is 0. The van der Waals surface area contributed by atoms with Crippen LogP contribution in [0.25, 0.3) is 0 Å². The summed E-state index contributed by atoms with van der Waals surface area (Å²) < 4.78 is 11.1. The van der Waals surface area contributed by atoms with E-state index in [1.165, 1.54) is 5.56 Å². The molecule has 2 rings (SSSR count). The quantitative estimate of drug-likeness (QED) is 0.838. The number of hydrogen-bond donors (Lipinski definition) is 0. The third-order valence-electron chi connectivity index (χ3n) is 2.93. The number of benzene rings is 1. The van der Waals surface area contributed by atoms with Crippen LogP contribution < -0.4 is 9.47 Å². The number of nitrogens with zero attached hydrogens (tertiary/aromatic N) is 1. The van der Waals surface area contributed by atoms with Crippen molar-refractivity contribution >= 4 is 0 Å². The number of ether oxygens (including phenoxy) is 2. The molecule has 0 atom stereocenters. The lowest BCUT2D eigenvalue weighted by Gasteiger charge is -2.11. The maximum absolute atomic E-state index is 5.84. The van der Waals surface area contributed by atoms with Crippen molar-refractivity contribution in [3.63, 3.8) is 0 Å². The number of methoxy groups -OCH3 is 1. The summed E-state index contributed by atoms with van der Waals surface area (Å²) >= 11 is 0. The predicted molar refractivity (Wildman–Crippen MR) is 75.8 cm³/mol. The topological polar surface area (TPSA) is 31.4 Å². The molecule has 0 N–H and O–H groups in total. The highest BCUT2D eigenvalue weighted by Crippen LogP contribution is 2.21. The first-order valence-corrected chi connectivity index (χ1v) is 6.30. The third-order valence-corrected chi connectivity index (χ3v) is 2.93. The molecule has 1 aromatic carbocycles.